The molecule has 0 aliphatic carbocycles. The predicted molar refractivity (Wildman–Crippen MR) is 87.2 cm³/mol. The zero-order chi connectivity index (χ0) is 16.2. The zero-order valence-electron chi connectivity index (χ0n) is 11.8. The molecule has 0 aromatic heterocycles. The van der Waals surface area contributed by atoms with Crippen molar-refractivity contribution < 1.29 is 19.8 Å². The summed E-state index contributed by atoms with van der Waals surface area (Å²) in [6, 6.07) is 7.64. The van der Waals surface area contributed by atoms with Gasteiger partial charge in [-0.05, 0) is 11.1 Å². The lowest BCUT2D eigenvalue weighted by molar-refractivity contribution is -0.132. The molecule has 112 valence electrons. The maximum Gasteiger partial charge on any atom is 0.328 e. The number of carboxylic acids is 2. The molecule has 0 aliphatic heterocycles. The molecule has 0 saturated heterocycles. The number of allylic oxidation sites excluding steroid dienone is 6. The summed E-state index contributed by atoms with van der Waals surface area (Å²) in [6.07, 6.45) is 15.5. The van der Waals surface area contributed by atoms with Gasteiger partial charge in [-0.3, -0.25) is 0 Å². The Morgan fingerprint density at radius 3 is 1.59 bits per heavy atom. The minimum Gasteiger partial charge on any atom is -0.478 e. The highest BCUT2D eigenvalue weighted by molar-refractivity contribution is 5.80. The van der Waals surface area contributed by atoms with Crippen LogP contribution in [0.4, 0.5) is 0 Å². The highest BCUT2D eigenvalue weighted by atomic mass is 16.4. The molecule has 2 N–H and O–H groups in total. The summed E-state index contributed by atoms with van der Waals surface area (Å²) in [5, 5.41) is 16.9. The number of hydrogen-bond acceptors (Lipinski definition) is 2. The Kier molecular flexibility index (Phi) is 7.47. The Balaban J connectivity index is 2.75. The van der Waals surface area contributed by atoms with Crippen LogP contribution in [0.5, 0.6) is 0 Å². The Morgan fingerprint density at radius 2 is 1.09 bits per heavy atom. The van der Waals surface area contributed by atoms with Crippen LogP contribution in [0.25, 0.3) is 12.2 Å². The van der Waals surface area contributed by atoms with Crippen LogP contribution in [0, 0.1) is 0 Å². The molecule has 0 radical (unpaired) electrons. The van der Waals surface area contributed by atoms with E-state index in [1.54, 1.807) is 24.3 Å². The lowest BCUT2D eigenvalue weighted by Crippen LogP contribution is -1.84. The molecule has 0 saturated carbocycles. The fourth-order valence-electron chi connectivity index (χ4n) is 1.54. The number of rotatable bonds is 7. The van der Waals surface area contributed by atoms with Gasteiger partial charge in [0.2, 0.25) is 0 Å². The second kappa shape index (κ2) is 9.72. The second-order valence-corrected chi connectivity index (χ2v) is 4.13. The monoisotopic (exact) mass is 296 g/mol. The van der Waals surface area contributed by atoms with Crippen molar-refractivity contribution in [2.24, 2.45) is 0 Å². The van der Waals surface area contributed by atoms with Crippen molar-refractivity contribution in [3.63, 3.8) is 0 Å². The van der Waals surface area contributed by atoms with Gasteiger partial charge < -0.3 is 10.2 Å². The van der Waals surface area contributed by atoms with Gasteiger partial charge in [0.25, 0.3) is 0 Å². The minimum absolute atomic E-state index is 0.947. The zero-order valence-corrected chi connectivity index (χ0v) is 11.8. The molecule has 4 nitrogen and oxygen atoms in total. The van der Waals surface area contributed by atoms with Gasteiger partial charge in [-0.25, -0.2) is 9.59 Å². The van der Waals surface area contributed by atoms with Gasteiger partial charge in [0.05, 0.1) is 0 Å². The summed E-state index contributed by atoms with van der Waals surface area (Å²) in [7, 11) is 0. The summed E-state index contributed by atoms with van der Waals surface area (Å²) in [6.45, 7) is 0. The van der Waals surface area contributed by atoms with Crippen molar-refractivity contribution in [3.05, 3.63) is 84.0 Å². The average Bonchev–Trinajstić information content (AvgIpc) is 2.48. The van der Waals surface area contributed by atoms with E-state index >= 15 is 0 Å². The Morgan fingerprint density at radius 1 is 0.682 bits per heavy atom. The highest BCUT2D eigenvalue weighted by Crippen LogP contribution is 2.12. The lowest BCUT2D eigenvalue weighted by atomic mass is 10.1. The van der Waals surface area contributed by atoms with E-state index in [1.165, 1.54) is 12.2 Å². The molecule has 0 unspecified atom stereocenters. The summed E-state index contributed by atoms with van der Waals surface area (Å²) in [4.78, 5) is 20.6. The number of hydrogen-bond donors (Lipinski definition) is 2. The molecular formula is C18H16O4. The number of aliphatic carboxylic acids is 2. The van der Waals surface area contributed by atoms with Gasteiger partial charge >= 0.3 is 11.9 Å². The molecule has 1 aromatic carbocycles. The van der Waals surface area contributed by atoms with Crippen molar-refractivity contribution in [2.75, 3.05) is 0 Å². The molecule has 0 aliphatic rings. The van der Waals surface area contributed by atoms with Gasteiger partial charge in [-0.1, -0.05) is 72.9 Å². The number of carbonyl (C=O) groups is 2. The highest BCUT2D eigenvalue weighted by Gasteiger charge is 1.92. The van der Waals surface area contributed by atoms with Gasteiger partial charge in [0, 0.05) is 12.2 Å². The molecule has 1 aromatic rings. The predicted octanol–water partition coefficient (Wildman–Crippen LogP) is 3.55. The standard InChI is InChI=1S/C18H16O4/c19-17(20)13-4-2-1-3-9-15-10-5-6-11-16(15)12-7-8-14-18(21)22/h1-14H,(H,19,20)(H,21,22)/b2-1+,9-3+,12-7+,13-4+,14-8+. The fourth-order valence-corrected chi connectivity index (χ4v) is 1.54. The first-order valence-electron chi connectivity index (χ1n) is 6.50. The van der Waals surface area contributed by atoms with Crippen molar-refractivity contribution >= 4 is 24.1 Å². The van der Waals surface area contributed by atoms with Gasteiger partial charge in [-0.15, -0.1) is 0 Å². The van der Waals surface area contributed by atoms with Crippen molar-refractivity contribution in [1.29, 1.82) is 0 Å². The van der Waals surface area contributed by atoms with Gasteiger partial charge in [0.15, 0.2) is 0 Å². The van der Waals surface area contributed by atoms with E-state index < -0.39 is 11.9 Å². The molecule has 0 spiro atoms. The maximum atomic E-state index is 10.4. The van der Waals surface area contributed by atoms with Crippen molar-refractivity contribution in [1.82, 2.24) is 0 Å². The van der Waals surface area contributed by atoms with Crippen LogP contribution in [0.15, 0.2) is 72.9 Å². The topological polar surface area (TPSA) is 74.6 Å². The second-order valence-electron chi connectivity index (χ2n) is 4.13. The van der Waals surface area contributed by atoms with Crippen LogP contribution in [-0.2, 0) is 9.59 Å². The first kappa shape index (κ1) is 16.9. The van der Waals surface area contributed by atoms with E-state index in [0.29, 0.717) is 0 Å². The Labute approximate surface area is 128 Å². The van der Waals surface area contributed by atoms with Crippen molar-refractivity contribution in [2.45, 2.75) is 0 Å². The first-order chi connectivity index (χ1) is 10.6. The Bertz CT molecular complexity index is 661. The molecule has 1 rings (SSSR count). The number of carboxylic acid groups (broad SMARTS) is 2. The molecule has 0 fully saturated rings. The minimum atomic E-state index is -0.989. The quantitative estimate of drug-likeness (QED) is 0.596. The summed E-state index contributed by atoms with van der Waals surface area (Å²) in [5.74, 6) is -1.98. The van der Waals surface area contributed by atoms with Gasteiger partial charge in [-0.2, -0.15) is 0 Å². The average molecular weight is 296 g/mol. The van der Waals surface area contributed by atoms with Crippen LogP contribution >= 0.6 is 0 Å². The van der Waals surface area contributed by atoms with E-state index in [4.69, 9.17) is 10.2 Å². The molecule has 0 amide bonds. The van der Waals surface area contributed by atoms with Crippen LogP contribution in [-0.4, -0.2) is 22.2 Å². The molecular weight excluding hydrogens is 280 g/mol. The molecule has 0 heterocycles. The van der Waals surface area contributed by atoms with Crippen LogP contribution in [0.3, 0.4) is 0 Å². The summed E-state index contributed by atoms with van der Waals surface area (Å²) >= 11 is 0. The fraction of sp³-hybridized carbons (Fsp3) is 0. The van der Waals surface area contributed by atoms with E-state index in [0.717, 1.165) is 23.3 Å². The normalized spacial score (nSPS) is 12.4. The van der Waals surface area contributed by atoms with Crippen LogP contribution in [0.1, 0.15) is 11.1 Å². The van der Waals surface area contributed by atoms with E-state index in [9.17, 15) is 9.59 Å². The molecule has 4 heteroatoms. The van der Waals surface area contributed by atoms with Crippen LogP contribution in [0.2, 0.25) is 0 Å². The van der Waals surface area contributed by atoms with Gasteiger partial charge in [0.1, 0.15) is 0 Å². The van der Waals surface area contributed by atoms with Crippen LogP contribution < -0.4 is 0 Å². The molecule has 0 bridgehead atoms. The smallest absolute Gasteiger partial charge is 0.328 e. The van der Waals surface area contributed by atoms with E-state index in [2.05, 4.69) is 0 Å². The third-order valence-corrected chi connectivity index (χ3v) is 2.47. The molecule has 0 atom stereocenters. The SMILES string of the molecule is O=C(O)/C=C/C=C/C=C/c1ccccc1/C=C/C=C/C(=O)O. The van der Waals surface area contributed by atoms with Crippen molar-refractivity contribution in [3.8, 4) is 0 Å². The largest absolute Gasteiger partial charge is 0.478 e. The lowest BCUT2D eigenvalue weighted by Gasteiger charge is -1.98. The number of benzene rings is 1. The third-order valence-electron chi connectivity index (χ3n) is 2.47. The first-order valence-corrected chi connectivity index (χ1v) is 6.50. The molecule has 22 heavy (non-hydrogen) atoms. The Hall–Kier alpha value is -3.14. The summed E-state index contributed by atoms with van der Waals surface area (Å²) < 4.78 is 0. The third kappa shape index (κ3) is 7.45. The van der Waals surface area contributed by atoms with E-state index in [-0.39, 0.29) is 0 Å². The maximum absolute atomic E-state index is 10.4. The van der Waals surface area contributed by atoms with E-state index in [1.807, 2.05) is 36.4 Å². The summed E-state index contributed by atoms with van der Waals surface area (Å²) in [5.41, 5.74) is 1.91.